The fourth-order valence-corrected chi connectivity index (χ4v) is 3.17. The third-order valence-electron chi connectivity index (χ3n) is 4.36. The fraction of sp³-hybridized carbons (Fsp3) is 0.368. The zero-order valence-corrected chi connectivity index (χ0v) is 15.0. The number of hydrogen-bond donors (Lipinski definition) is 1. The largest absolute Gasteiger partial charge is 0.353 e. The molecule has 0 atom stereocenters. The van der Waals surface area contributed by atoms with Crippen molar-refractivity contribution >= 4 is 23.3 Å². The molecule has 1 aliphatic rings. The highest BCUT2D eigenvalue weighted by Crippen LogP contribution is 2.12. The van der Waals surface area contributed by atoms with Crippen molar-refractivity contribution in [1.29, 1.82) is 0 Å². The van der Waals surface area contributed by atoms with Gasteiger partial charge in [0.15, 0.2) is 0 Å². The third-order valence-corrected chi connectivity index (χ3v) is 4.60. The van der Waals surface area contributed by atoms with Gasteiger partial charge < -0.3 is 15.1 Å². The van der Waals surface area contributed by atoms with Gasteiger partial charge in [0.25, 0.3) is 0 Å². The molecule has 1 aliphatic heterocycles. The summed E-state index contributed by atoms with van der Waals surface area (Å²) in [5, 5.41) is 3.98. The molecule has 1 aromatic carbocycles. The van der Waals surface area contributed by atoms with Crippen LogP contribution in [-0.4, -0.2) is 55.1 Å². The minimum absolute atomic E-state index is 0.159. The summed E-state index contributed by atoms with van der Waals surface area (Å²) in [6, 6.07) is 13.7. The lowest BCUT2D eigenvalue weighted by Gasteiger charge is -2.35. The van der Waals surface area contributed by atoms with E-state index in [-0.39, 0.29) is 5.91 Å². The molecule has 0 aliphatic carbocycles. The van der Waals surface area contributed by atoms with Gasteiger partial charge in [0.05, 0.1) is 6.54 Å². The maximum Gasteiger partial charge on any atom is 0.236 e. The highest BCUT2D eigenvalue weighted by atomic mass is 35.5. The molecule has 25 heavy (non-hydrogen) atoms. The van der Waals surface area contributed by atoms with Gasteiger partial charge in [-0.1, -0.05) is 29.8 Å². The fourth-order valence-electron chi connectivity index (χ4n) is 2.96. The summed E-state index contributed by atoms with van der Waals surface area (Å²) in [5.74, 6) is 1.14. The van der Waals surface area contributed by atoms with E-state index in [0.717, 1.165) is 50.0 Å². The van der Waals surface area contributed by atoms with Gasteiger partial charge in [-0.25, -0.2) is 4.98 Å². The van der Waals surface area contributed by atoms with E-state index in [1.165, 1.54) is 5.56 Å². The number of carbonyl (C=O) groups is 1. The van der Waals surface area contributed by atoms with Crippen LogP contribution in [0.5, 0.6) is 0 Å². The van der Waals surface area contributed by atoms with Gasteiger partial charge >= 0.3 is 0 Å². The van der Waals surface area contributed by atoms with Crippen LogP contribution in [0.4, 0.5) is 5.82 Å². The smallest absolute Gasteiger partial charge is 0.236 e. The molecule has 0 saturated carbocycles. The molecule has 1 amide bonds. The molecule has 1 saturated heterocycles. The summed E-state index contributed by atoms with van der Waals surface area (Å²) in [6.45, 7) is 4.28. The summed E-state index contributed by atoms with van der Waals surface area (Å²) < 4.78 is 0. The molecule has 0 radical (unpaired) electrons. The van der Waals surface area contributed by atoms with Crippen molar-refractivity contribution in [3.8, 4) is 0 Å². The second kappa shape index (κ2) is 8.83. The normalized spacial score (nSPS) is 14.6. The van der Waals surface area contributed by atoms with Gasteiger partial charge in [0.2, 0.25) is 5.91 Å². The molecule has 1 fully saturated rings. The van der Waals surface area contributed by atoms with Crippen LogP contribution in [0.3, 0.4) is 0 Å². The van der Waals surface area contributed by atoms with E-state index in [1.54, 1.807) is 6.20 Å². The molecule has 2 heterocycles. The van der Waals surface area contributed by atoms with Gasteiger partial charge in [-0.2, -0.15) is 0 Å². The van der Waals surface area contributed by atoms with Crippen LogP contribution in [0, 0.1) is 0 Å². The Hall–Kier alpha value is -2.11. The van der Waals surface area contributed by atoms with Crippen molar-refractivity contribution in [2.24, 2.45) is 0 Å². The van der Waals surface area contributed by atoms with Gasteiger partial charge in [-0.05, 0) is 42.8 Å². The van der Waals surface area contributed by atoms with E-state index in [0.29, 0.717) is 6.54 Å². The Kier molecular flexibility index (Phi) is 6.25. The van der Waals surface area contributed by atoms with Gasteiger partial charge in [0, 0.05) is 37.4 Å². The average molecular weight is 359 g/mol. The standard InChI is InChI=1S/C19H23ClN4O/c20-17-5-3-4-16(14-17)7-9-21-15-19(25)24-12-10-23(11-13-24)18-6-1-2-8-22-18/h1-6,8,14,21H,7,9-13,15H2. The van der Waals surface area contributed by atoms with Crippen LogP contribution in [0.25, 0.3) is 0 Å². The third kappa shape index (κ3) is 5.18. The lowest BCUT2D eigenvalue weighted by atomic mass is 10.1. The van der Waals surface area contributed by atoms with Crippen molar-refractivity contribution in [2.75, 3.05) is 44.2 Å². The summed E-state index contributed by atoms with van der Waals surface area (Å²) in [4.78, 5) is 20.8. The zero-order valence-electron chi connectivity index (χ0n) is 14.2. The van der Waals surface area contributed by atoms with Crippen molar-refractivity contribution in [3.63, 3.8) is 0 Å². The second-order valence-corrected chi connectivity index (χ2v) is 6.55. The number of pyridine rings is 1. The molecule has 1 N–H and O–H groups in total. The number of nitrogens with one attached hydrogen (secondary N) is 1. The summed E-state index contributed by atoms with van der Waals surface area (Å²) in [5.41, 5.74) is 1.18. The van der Waals surface area contributed by atoms with Gasteiger partial charge in [0.1, 0.15) is 5.82 Å². The van der Waals surface area contributed by atoms with E-state index in [4.69, 9.17) is 11.6 Å². The Labute approximate surface area is 153 Å². The molecule has 132 valence electrons. The first-order valence-corrected chi connectivity index (χ1v) is 8.99. The van der Waals surface area contributed by atoms with Crippen LogP contribution < -0.4 is 10.2 Å². The predicted octanol–water partition coefficient (Wildman–Crippen LogP) is 2.22. The molecule has 3 rings (SSSR count). The van der Waals surface area contributed by atoms with Gasteiger partial charge in [-0.15, -0.1) is 0 Å². The minimum Gasteiger partial charge on any atom is -0.353 e. The quantitative estimate of drug-likeness (QED) is 0.804. The van der Waals surface area contributed by atoms with Crippen molar-refractivity contribution in [2.45, 2.75) is 6.42 Å². The van der Waals surface area contributed by atoms with Crippen LogP contribution in [0.2, 0.25) is 5.02 Å². The molecule has 0 spiro atoms. The number of halogens is 1. The molecule has 0 unspecified atom stereocenters. The number of anilines is 1. The predicted molar refractivity (Wildman–Crippen MR) is 101 cm³/mol. The summed E-state index contributed by atoms with van der Waals surface area (Å²) >= 11 is 5.98. The molecule has 6 heteroatoms. The number of rotatable bonds is 6. The Morgan fingerprint density at radius 3 is 2.68 bits per heavy atom. The molecular formula is C19H23ClN4O. The highest BCUT2D eigenvalue weighted by molar-refractivity contribution is 6.30. The number of nitrogens with zero attached hydrogens (tertiary/aromatic N) is 3. The Bertz CT molecular complexity index is 687. The summed E-state index contributed by atoms with van der Waals surface area (Å²) in [6.07, 6.45) is 2.66. The number of hydrogen-bond acceptors (Lipinski definition) is 4. The van der Waals surface area contributed by atoms with Crippen LogP contribution in [0.15, 0.2) is 48.7 Å². The molecule has 5 nitrogen and oxygen atoms in total. The molecular weight excluding hydrogens is 336 g/mol. The number of piperazine rings is 1. The Morgan fingerprint density at radius 2 is 1.96 bits per heavy atom. The van der Waals surface area contributed by atoms with Crippen LogP contribution in [-0.2, 0) is 11.2 Å². The van der Waals surface area contributed by atoms with Crippen LogP contribution in [0.1, 0.15) is 5.56 Å². The van der Waals surface area contributed by atoms with E-state index in [9.17, 15) is 4.79 Å². The lowest BCUT2D eigenvalue weighted by Crippen LogP contribution is -2.51. The minimum atomic E-state index is 0.159. The van der Waals surface area contributed by atoms with Crippen molar-refractivity contribution < 1.29 is 4.79 Å². The average Bonchev–Trinajstić information content (AvgIpc) is 2.66. The molecule has 2 aromatic rings. The Balaban J connectivity index is 1.37. The first kappa shape index (κ1) is 17.7. The van der Waals surface area contributed by atoms with Gasteiger partial charge in [-0.3, -0.25) is 4.79 Å². The number of amides is 1. The lowest BCUT2D eigenvalue weighted by molar-refractivity contribution is -0.130. The number of benzene rings is 1. The Morgan fingerprint density at radius 1 is 1.12 bits per heavy atom. The van der Waals surface area contributed by atoms with E-state index in [2.05, 4.69) is 15.2 Å². The molecule has 0 bridgehead atoms. The first-order valence-electron chi connectivity index (χ1n) is 8.61. The monoisotopic (exact) mass is 358 g/mol. The van der Waals surface area contributed by atoms with Crippen LogP contribution >= 0.6 is 11.6 Å². The number of carbonyl (C=O) groups excluding carboxylic acids is 1. The van der Waals surface area contributed by atoms with Crippen molar-refractivity contribution in [3.05, 3.63) is 59.2 Å². The second-order valence-electron chi connectivity index (χ2n) is 6.11. The van der Waals surface area contributed by atoms with E-state index >= 15 is 0 Å². The summed E-state index contributed by atoms with van der Waals surface area (Å²) in [7, 11) is 0. The zero-order chi connectivity index (χ0) is 17.5. The van der Waals surface area contributed by atoms with Crippen molar-refractivity contribution in [1.82, 2.24) is 15.2 Å². The molecule has 1 aromatic heterocycles. The maximum absolute atomic E-state index is 12.3. The van der Waals surface area contributed by atoms with E-state index < -0.39 is 0 Å². The van der Waals surface area contributed by atoms with E-state index in [1.807, 2.05) is 47.4 Å². The first-order chi connectivity index (χ1) is 12.2. The SMILES string of the molecule is O=C(CNCCc1cccc(Cl)c1)N1CCN(c2ccccn2)CC1. The maximum atomic E-state index is 12.3. The highest BCUT2D eigenvalue weighted by Gasteiger charge is 2.21. The topological polar surface area (TPSA) is 48.5 Å². The number of aromatic nitrogens is 1.